The normalized spacial score (nSPS) is 17.5. The minimum Gasteiger partial charge on any atom is -0.495 e. The number of hydrogen-bond donors (Lipinski definition) is 0. The zero-order valence-corrected chi connectivity index (χ0v) is 13.3. The van der Waals surface area contributed by atoms with Crippen LogP contribution < -0.4 is 4.74 Å². The van der Waals surface area contributed by atoms with E-state index in [0.717, 1.165) is 38.2 Å². The van der Waals surface area contributed by atoms with Gasteiger partial charge in [0.15, 0.2) is 0 Å². The predicted molar refractivity (Wildman–Crippen MR) is 81.5 cm³/mol. The van der Waals surface area contributed by atoms with Crippen molar-refractivity contribution in [2.45, 2.75) is 37.0 Å². The first-order valence-corrected chi connectivity index (χ1v) is 8.73. The Morgan fingerprint density at radius 1 is 1.14 bits per heavy atom. The molecule has 0 aliphatic carbocycles. The van der Waals surface area contributed by atoms with Crippen molar-refractivity contribution < 1.29 is 18.1 Å². The fourth-order valence-electron chi connectivity index (χ4n) is 2.58. The molecule has 8 heteroatoms. The van der Waals surface area contributed by atoms with Crippen LogP contribution in [-0.4, -0.2) is 37.8 Å². The molecule has 0 unspecified atom stereocenters. The summed E-state index contributed by atoms with van der Waals surface area (Å²) in [5.74, 6) is 0.0104. The minimum atomic E-state index is -3.70. The summed E-state index contributed by atoms with van der Waals surface area (Å²) < 4.78 is 32.1. The third kappa shape index (κ3) is 3.56. The summed E-state index contributed by atoms with van der Waals surface area (Å²) in [7, 11) is -2.39. The molecule has 0 atom stereocenters. The SMILES string of the molecule is COc1cc([N+](=O)[O-])ccc1S(=O)(=O)N1CCCCCCC1. The molecule has 0 radical (unpaired) electrons. The monoisotopic (exact) mass is 328 g/mol. The Labute approximate surface area is 130 Å². The molecule has 0 saturated carbocycles. The number of nitro benzene ring substituents is 1. The standard InChI is InChI=1S/C14H20N2O5S/c1-21-13-11-12(16(17)18)7-8-14(13)22(19,20)15-9-5-3-2-4-6-10-15/h7-8,11H,2-6,9-10H2,1H3. The smallest absolute Gasteiger partial charge is 0.273 e. The van der Waals surface area contributed by atoms with Crippen molar-refractivity contribution in [3.63, 3.8) is 0 Å². The van der Waals surface area contributed by atoms with E-state index >= 15 is 0 Å². The van der Waals surface area contributed by atoms with Crippen LogP contribution in [0.15, 0.2) is 23.1 Å². The molecule has 1 fully saturated rings. The summed E-state index contributed by atoms with van der Waals surface area (Å²) in [6, 6.07) is 3.60. The highest BCUT2D eigenvalue weighted by atomic mass is 32.2. The lowest BCUT2D eigenvalue weighted by Gasteiger charge is -2.24. The Hall–Kier alpha value is -1.67. The van der Waals surface area contributed by atoms with Gasteiger partial charge in [0.05, 0.1) is 18.1 Å². The first-order valence-electron chi connectivity index (χ1n) is 7.29. The van der Waals surface area contributed by atoms with Crippen LogP contribution in [0.4, 0.5) is 5.69 Å². The second kappa shape index (κ2) is 7.06. The van der Waals surface area contributed by atoms with E-state index in [1.54, 1.807) is 0 Å². The Morgan fingerprint density at radius 2 is 1.73 bits per heavy atom. The van der Waals surface area contributed by atoms with Gasteiger partial charge in [-0.05, 0) is 18.9 Å². The summed E-state index contributed by atoms with van der Waals surface area (Å²) in [5, 5.41) is 10.8. The lowest BCUT2D eigenvalue weighted by molar-refractivity contribution is -0.385. The van der Waals surface area contributed by atoms with Gasteiger partial charge in [0.25, 0.3) is 5.69 Å². The zero-order valence-electron chi connectivity index (χ0n) is 12.5. The summed E-state index contributed by atoms with van der Waals surface area (Å²) in [5.41, 5.74) is -0.191. The van der Waals surface area contributed by atoms with Gasteiger partial charge in [-0.2, -0.15) is 4.31 Å². The molecule has 122 valence electrons. The van der Waals surface area contributed by atoms with Gasteiger partial charge >= 0.3 is 0 Å². The van der Waals surface area contributed by atoms with Gasteiger partial charge in [-0.1, -0.05) is 19.3 Å². The molecule has 22 heavy (non-hydrogen) atoms. The number of ether oxygens (including phenoxy) is 1. The fraction of sp³-hybridized carbons (Fsp3) is 0.571. The third-order valence-corrected chi connectivity index (χ3v) is 5.73. The van der Waals surface area contributed by atoms with E-state index in [9.17, 15) is 18.5 Å². The molecule has 0 bridgehead atoms. The Balaban J connectivity index is 2.37. The van der Waals surface area contributed by atoms with Crippen molar-refractivity contribution in [1.29, 1.82) is 0 Å². The summed E-state index contributed by atoms with van der Waals surface area (Å²) in [6.07, 6.45) is 4.82. The van der Waals surface area contributed by atoms with Crippen molar-refractivity contribution in [2.24, 2.45) is 0 Å². The highest BCUT2D eigenvalue weighted by Gasteiger charge is 2.29. The third-order valence-electron chi connectivity index (χ3n) is 3.79. The first kappa shape index (κ1) is 16.7. The highest BCUT2D eigenvalue weighted by Crippen LogP contribution is 2.31. The number of nitro groups is 1. The molecule has 0 N–H and O–H groups in total. The van der Waals surface area contributed by atoms with Crippen molar-refractivity contribution in [1.82, 2.24) is 4.31 Å². The molecule has 2 rings (SSSR count). The van der Waals surface area contributed by atoms with Crippen LogP contribution in [0.3, 0.4) is 0 Å². The molecule has 1 heterocycles. The van der Waals surface area contributed by atoms with Gasteiger partial charge in [0.1, 0.15) is 10.6 Å². The quantitative estimate of drug-likeness (QED) is 0.626. The van der Waals surface area contributed by atoms with E-state index < -0.39 is 14.9 Å². The Bertz CT molecular complexity index is 637. The summed E-state index contributed by atoms with van der Waals surface area (Å²) >= 11 is 0. The minimum absolute atomic E-state index is 0.0104. The van der Waals surface area contributed by atoms with Gasteiger partial charge in [0, 0.05) is 19.2 Å². The molecule has 1 saturated heterocycles. The van der Waals surface area contributed by atoms with Crippen molar-refractivity contribution in [3.05, 3.63) is 28.3 Å². The van der Waals surface area contributed by atoms with E-state index in [1.807, 2.05) is 0 Å². The van der Waals surface area contributed by atoms with E-state index in [2.05, 4.69) is 0 Å². The maximum absolute atomic E-state index is 12.8. The molecular formula is C14H20N2O5S. The average Bonchev–Trinajstić information content (AvgIpc) is 2.45. The van der Waals surface area contributed by atoms with Crippen LogP contribution >= 0.6 is 0 Å². The molecule has 0 amide bonds. The average molecular weight is 328 g/mol. The molecule has 7 nitrogen and oxygen atoms in total. The molecule has 1 aromatic rings. The van der Waals surface area contributed by atoms with Gasteiger partial charge in [-0.25, -0.2) is 8.42 Å². The Morgan fingerprint density at radius 3 is 2.27 bits per heavy atom. The van der Waals surface area contributed by atoms with E-state index in [1.165, 1.54) is 23.5 Å². The highest BCUT2D eigenvalue weighted by molar-refractivity contribution is 7.89. The van der Waals surface area contributed by atoms with Crippen LogP contribution in [0.25, 0.3) is 0 Å². The largest absolute Gasteiger partial charge is 0.495 e. The van der Waals surface area contributed by atoms with E-state index in [4.69, 9.17) is 4.74 Å². The maximum Gasteiger partial charge on any atom is 0.273 e. The van der Waals surface area contributed by atoms with Gasteiger partial charge in [0.2, 0.25) is 10.0 Å². The van der Waals surface area contributed by atoms with Crippen molar-refractivity contribution in [3.8, 4) is 5.75 Å². The van der Waals surface area contributed by atoms with Crippen LogP contribution in [0, 0.1) is 10.1 Å². The zero-order chi connectivity index (χ0) is 16.2. The van der Waals surface area contributed by atoms with Crippen molar-refractivity contribution >= 4 is 15.7 Å². The lowest BCUT2D eigenvalue weighted by Crippen LogP contribution is -2.34. The molecule has 0 aromatic heterocycles. The van der Waals surface area contributed by atoms with E-state index in [-0.39, 0.29) is 16.3 Å². The second-order valence-electron chi connectivity index (χ2n) is 5.26. The number of benzene rings is 1. The Kier molecular flexibility index (Phi) is 5.36. The first-order chi connectivity index (χ1) is 10.5. The topological polar surface area (TPSA) is 89.7 Å². The van der Waals surface area contributed by atoms with Crippen LogP contribution in [-0.2, 0) is 10.0 Å². The molecule has 1 aromatic carbocycles. The number of rotatable bonds is 4. The second-order valence-corrected chi connectivity index (χ2v) is 7.17. The summed E-state index contributed by atoms with van der Waals surface area (Å²) in [6.45, 7) is 0.949. The molecule has 1 aliphatic heterocycles. The molecule has 1 aliphatic rings. The van der Waals surface area contributed by atoms with Gasteiger partial charge in [-0.15, -0.1) is 0 Å². The number of hydrogen-bond acceptors (Lipinski definition) is 5. The van der Waals surface area contributed by atoms with Gasteiger partial charge in [-0.3, -0.25) is 10.1 Å². The van der Waals surface area contributed by atoms with Crippen molar-refractivity contribution in [2.75, 3.05) is 20.2 Å². The fourth-order valence-corrected chi connectivity index (χ4v) is 4.23. The predicted octanol–water partition coefficient (Wildman–Crippen LogP) is 2.56. The van der Waals surface area contributed by atoms with Crippen LogP contribution in [0.5, 0.6) is 5.75 Å². The van der Waals surface area contributed by atoms with Crippen LogP contribution in [0.1, 0.15) is 32.1 Å². The molecular weight excluding hydrogens is 308 g/mol. The number of methoxy groups -OCH3 is 1. The lowest BCUT2D eigenvalue weighted by atomic mass is 10.1. The van der Waals surface area contributed by atoms with Gasteiger partial charge < -0.3 is 4.74 Å². The molecule has 0 spiro atoms. The summed E-state index contributed by atoms with van der Waals surface area (Å²) in [4.78, 5) is 10.2. The number of nitrogens with zero attached hydrogens (tertiary/aromatic N) is 2. The maximum atomic E-state index is 12.8. The van der Waals surface area contributed by atoms with Crippen LogP contribution in [0.2, 0.25) is 0 Å². The number of non-ortho nitro benzene ring substituents is 1. The van der Waals surface area contributed by atoms with E-state index in [0.29, 0.717) is 13.1 Å². The number of sulfonamides is 1.